The Morgan fingerprint density at radius 3 is 2.58 bits per heavy atom. The van der Waals surface area contributed by atoms with E-state index < -0.39 is 5.97 Å². The minimum atomic E-state index is -1.23. The van der Waals surface area contributed by atoms with Crippen LogP contribution >= 0.6 is 11.3 Å². The lowest BCUT2D eigenvalue weighted by Crippen LogP contribution is -2.20. The number of hydrogen-bond donors (Lipinski definition) is 1. The fourth-order valence-electron chi connectivity index (χ4n) is 0.688. The third-order valence-electron chi connectivity index (χ3n) is 1.11. The molecule has 0 radical (unpaired) electrons. The van der Waals surface area contributed by atoms with E-state index in [1.165, 1.54) is 19.1 Å². The summed E-state index contributed by atoms with van der Waals surface area (Å²) in [5, 5.41) is 13.3. The molecule has 1 heterocycles. The Bertz CT molecular complexity index is 318. The van der Waals surface area contributed by atoms with Crippen molar-refractivity contribution in [3.05, 3.63) is 17.0 Å². The number of hydrogen-bond acceptors (Lipinski definition) is 4. The fraction of sp³-hybridized carbons (Fsp3) is 0.143. The SMILES string of the molecule is CC(=O)Nc1ccc(C(=O)[O-])s1. The number of anilines is 1. The molecule has 0 saturated carbocycles. The largest absolute Gasteiger partial charge is 0.544 e. The van der Waals surface area contributed by atoms with Crippen molar-refractivity contribution >= 4 is 28.2 Å². The van der Waals surface area contributed by atoms with Gasteiger partial charge in [-0.3, -0.25) is 4.79 Å². The van der Waals surface area contributed by atoms with Gasteiger partial charge in [0.2, 0.25) is 5.91 Å². The lowest BCUT2D eigenvalue weighted by Gasteiger charge is -1.96. The van der Waals surface area contributed by atoms with Crippen LogP contribution in [0.15, 0.2) is 12.1 Å². The van der Waals surface area contributed by atoms with E-state index in [1.807, 2.05) is 0 Å². The van der Waals surface area contributed by atoms with Crippen LogP contribution in [0.1, 0.15) is 16.6 Å². The zero-order chi connectivity index (χ0) is 9.14. The number of carboxylic acids is 1. The van der Waals surface area contributed by atoms with E-state index >= 15 is 0 Å². The molecule has 0 saturated heterocycles. The van der Waals surface area contributed by atoms with Gasteiger partial charge in [-0.25, -0.2) is 0 Å². The van der Waals surface area contributed by atoms with Crippen LogP contribution in [-0.2, 0) is 4.79 Å². The van der Waals surface area contributed by atoms with Crippen molar-refractivity contribution in [2.45, 2.75) is 6.92 Å². The van der Waals surface area contributed by atoms with Crippen LogP contribution in [0.2, 0.25) is 0 Å². The molecule has 5 heteroatoms. The predicted octanol–water partition coefficient (Wildman–Crippen LogP) is 0.0700. The number of carboxylic acid groups (broad SMARTS) is 1. The molecule has 0 aliphatic rings. The number of rotatable bonds is 2. The lowest BCUT2D eigenvalue weighted by atomic mass is 10.5. The van der Waals surface area contributed by atoms with Gasteiger partial charge in [0.15, 0.2) is 0 Å². The van der Waals surface area contributed by atoms with E-state index in [0.29, 0.717) is 5.00 Å². The van der Waals surface area contributed by atoms with Crippen LogP contribution in [0.3, 0.4) is 0 Å². The second-order valence-electron chi connectivity index (χ2n) is 2.13. The molecule has 0 aromatic carbocycles. The topological polar surface area (TPSA) is 69.2 Å². The molecule has 1 aromatic rings. The number of carbonyl (C=O) groups excluding carboxylic acids is 2. The number of thiophene rings is 1. The number of carbonyl (C=O) groups is 2. The molecule has 1 amide bonds. The maximum absolute atomic E-state index is 10.5. The molecule has 12 heavy (non-hydrogen) atoms. The van der Waals surface area contributed by atoms with Crippen LogP contribution in [0, 0.1) is 0 Å². The molecule has 0 spiro atoms. The first kappa shape index (κ1) is 8.73. The van der Waals surface area contributed by atoms with Crippen molar-refractivity contribution in [2.75, 3.05) is 5.32 Å². The van der Waals surface area contributed by atoms with E-state index in [0.717, 1.165) is 11.3 Å². The molecule has 0 bridgehead atoms. The second-order valence-corrected chi connectivity index (χ2v) is 3.22. The van der Waals surface area contributed by atoms with Crippen molar-refractivity contribution in [1.82, 2.24) is 0 Å². The Morgan fingerprint density at radius 2 is 2.17 bits per heavy atom. The molecule has 1 rings (SSSR count). The molecular formula is C7H6NO3S-. The summed E-state index contributed by atoms with van der Waals surface area (Å²) in [6, 6.07) is 2.92. The average molecular weight is 184 g/mol. The van der Waals surface area contributed by atoms with Crippen LogP contribution in [0.4, 0.5) is 5.00 Å². The minimum Gasteiger partial charge on any atom is -0.544 e. The summed E-state index contributed by atoms with van der Waals surface area (Å²) < 4.78 is 0. The number of nitrogens with one attached hydrogen (secondary N) is 1. The van der Waals surface area contributed by atoms with E-state index in [-0.39, 0.29) is 10.8 Å². The van der Waals surface area contributed by atoms with Gasteiger partial charge in [0.25, 0.3) is 0 Å². The standard InChI is InChI=1S/C7H7NO3S/c1-4(9)8-6-3-2-5(12-6)7(10)11/h2-3H,1H3,(H,8,9)(H,10,11)/p-1. The molecule has 0 atom stereocenters. The van der Waals surface area contributed by atoms with Crippen LogP contribution in [0.25, 0.3) is 0 Å². The lowest BCUT2D eigenvalue weighted by molar-refractivity contribution is -0.254. The summed E-state index contributed by atoms with van der Waals surface area (Å²) in [6.45, 7) is 1.36. The average Bonchev–Trinajstić information content (AvgIpc) is 2.34. The Hall–Kier alpha value is -1.36. The molecule has 64 valence electrons. The van der Waals surface area contributed by atoms with Crippen molar-refractivity contribution in [3.63, 3.8) is 0 Å². The third-order valence-corrected chi connectivity index (χ3v) is 2.09. The maximum atomic E-state index is 10.5. The first-order valence-electron chi connectivity index (χ1n) is 3.18. The number of amides is 1. The van der Waals surface area contributed by atoms with Crippen LogP contribution in [0.5, 0.6) is 0 Å². The van der Waals surface area contributed by atoms with Crippen molar-refractivity contribution in [2.24, 2.45) is 0 Å². The van der Waals surface area contributed by atoms with Crippen molar-refractivity contribution < 1.29 is 14.7 Å². The monoisotopic (exact) mass is 184 g/mol. The van der Waals surface area contributed by atoms with E-state index in [2.05, 4.69) is 5.32 Å². The maximum Gasteiger partial charge on any atom is 0.221 e. The Kier molecular flexibility index (Phi) is 2.44. The summed E-state index contributed by atoms with van der Waals surface area (Å²) in [7, 11) is 0. The molecule has 0 unspecified atom stereocenters. The summed E-state index contributed by atoms with van der Waals surface area (Å²) in [5.41, 5.74) is 0. The number of aromatic carboxylic acids is 1. The quantitative estimate of drug-likeness (QED) is 0.707. The first-order chi connectivity index (χ1) is 5.59. The van der Waals surface area contributed by atoms with Gasteiger partial charge in [0.1, 0.15) is 0 Å². The van der Waals surface area contributed by atoms with Gasteiger partial charge in [-0.2, -0.15) is 0 Å². The summed E-state index contributed by atoms with van der Waals surface area (Å²) in [5.74, 6) is -1.45. The zero-order valence-electron chi connectivity index (χ0n) is 6.29. The highest BCUT2D eigenvalue weighted by Crippen LogP contribution is 2.20. The molecule has 0 fully saturated rings. The fourth-order valence-corrected chi connectivity index (χ4v) is 1.48. The summed E-state index contributed by atoms with van der Waals surface area (Å²) >= 11 is 0.975. The van der Waals surface area contributed by atoms with E-state index in [9.17, 15) is 14.7 Å². The Balaban J connectivity index is 2.77. The molecular weight excluding hydrogens is 178 g/mol. The Morgan fingerprint density at radius 1 is 1.50 bits per heavy atom. The first-order valence-corrected chi connectivity index (χ1v) is 4.00. The minimum absolute atomic E-state index is 0.110. The van der Waals surface area contributed by atoms with E-state index in [1.54, 1.807) is 0 Å². The smallest absolute Gasteiger partial charge is 0.221 e. The van der Waals surface area contributed by atoms with Gasteiger partial charge in [0, 0.05) is 6.92 Å². The van der Waals surface area contributed by atoms with Crippen LogP contribution < -0.4 is 10.4 Å². The van der Waals surface area contributed by atoms with E-state index in [4.69, 9.17) is 0 Å². The van der Waals surface area contributed by atoms with Gasteiger partial charge >= 0.3 is 0 Å². The zero-order valence-corrected chi connectivity index (χ0v) is 7.10. The highest BCUT2D eigenvalue weighted by atomic mass is 32.1. The third kappa shape index (κ3) is 2.06. The molecule has 1 aromatic heterocycles. The van der Waals surface area contributed by atoms with Gasteiger partial charge in [-0.05, 0) is 12.1 Å². The Labute approximate surface area is 72.8 Å². The molecule has 1 N–H and O–H groups in total. The van der Waals surface area contributed by atoms with Gasteiger partial charge in [-0.15, -0.1) is 11.3 Å². The molecule has 4 nitrogen and oxygen atoms in total. The highest BCUT2D eigenvalue weighted by molar-refractivity contribution is 7.18. The normalized spacial score (nSPS) is 9.42. The van der Waals surface area contributed by atoms with Crippen molar-refractivity contribution in [1.29, 1.82) is 0 Å². The molecule has 0 aliphatic carbocycles. The van der Waals surface area contributed by atoms with Crippen molar-refractivity contribution in [3.8, 4) is 0 Å². The molecule has 0 aliphatic heterocycles. The van der Waals surface area contributed by atoms with Gasteiger partial charge in [0.05, 0.1) is 15.8 Å². The second kappa shape index (κ2) is 3.36. The predicted molar refractivity (Wildman–Crippen MR) is 43.0 cm³/mol. The highest BCUT2D eigenvalue weighted by Gasteiger charge is 2.00. The summed E-state index contributed by atoms with van der Waals surface area (Å²) in [4.78, 5) is 20.9. The van der Waals surface area contributed by atoms with Gasteiger partial charge < -0.3 is 15.2 Å². The summed E-state index contributed by atoms with van der Waals surface area (Å²) in [6.07, 6.45) is 0. The van der Waals surface area contributed by atoms with Gasteiger partial charge in [-0.1, -0.05) is 0 Å². The van der Waals surface area contributed by atoms with Crippen LogP contribution in [-0.4, -0.2) is 11.9 Å².